The number of benzene rings is 1. The van der Waals surface area contributed by atoms with E-state index in [1.165, 1.54) is 6.42 Å². The first kappa shape index (κ1) is 18.3. The van der Waals surface area contributed by atoms with E-state index in [0.717, 1.165) is 31.6 Å². The van der Waals surface area contributed by atoms with Gasteiger partial charge in [-0.05, 0) is 62.7 Å². The number of rotatable bonds is 4. The summed E-state index contributed by atoms with van der Waals surface area (Å²) in [5, 5.41) is 13.8. The minimum Gasteiger partial charge on any atom is -0.507 e. The van der Waals surface area contributed by atoms with Gasteiger partial charge < -0.3 is 19.7 Å². The Hall–Kier alpha value is -3.04. The molecule has 4 rings (SSSR count). The number of aromatic nitrogens is 2. The van der Waals surface area contributed by atoms with Gasteiger partial charge in [0.05, 0.1) is 5.69 Å². The summed E-state index contributed by atoms with van der Waals surface area (Å²) in [6, 6.07) is 7.92. The molecular formula is C22H24N4O2. The predicted molar refractivity (Wildman–Crippen MR) is 110 cm³/mol. The van der Waals surface area contributed by atoms with Crippen molar-refractivity contribution in [2.75, 3.05) is 25.0 Å². The van der Waals surface area contributed by atoms with Crippen LogP contribution in [0, 0.1) is 19.3 Å². The van der Waals surface area contributed by atoms with E-state index in [1.807, 2.05) is 25.1 Å². The molecule has 1 aromatic carbocycles. The van der Waals surface area contributed by atoms with Crippen molar-refractivity contribution in [2.45, 2.75) is 32.7 Å². The summed E-state index contributed by atoms with van der Waals surface area (Å²) < 4.78 is 5.84. The second-order valence-electron chi connectivity index (χ2n) is 7.25. The molecule has 1 atom stereocenters. The van der Waals surface area contributed by atoms with Crippen LogP contribution in [0.5, 0.6) is 5.75 Å². The smallest absolute Gasteiger partial charge is 0.297 e. The Bertz CT molecular complexity index is 1030. The molecule has 0 radical (unpaired) electrons. The Morgan fingerprint density at radius 3 is 2.96 bits per heavy atom. The number of fused-ring (bicyclic) bond motifs is 1. The molecular weight excluding hydrogens is 352 g/mol. The molecule has 28 heavy (non-hydrogen) atoms. The van der Waals surface area contributed by atoms with Gasteiger partial charge in [0.2, 0.25) is 5.65 Å². The number of likely N-dealkylation sites (N-methyl/N-ethyl adjacent to an activating group) is 1. The second-order valence-corrected chi connectivity index (χ2v) is 7.25. The Kier molecular flexibility index (Phi) is 4.93. The first-order chi connectivity index (χ1) is 13.6. The molecule has 0 aliphatic carbocycles. The number of hydrogen-bond donors (Lipinski definition) is 2. The van der Waals surface area contributed by atoms with Crippen molar-refractivity contribution < 1.29 is 9.52 Å². The van der Waals surface area contributed by atoms with Crippen LogP contribution in [0.2, 0.25) is 0 Å². The van der Waals surface area contributed by atoms with E-state index in [-0.39, 0.29) is 5.75 Å². The lowest BCUT2D eigenvalue weighted by atomic mass is 10.0. The van der Waals surface area contributed by atoms with E-state index in [9.17, 15) is 5.11 Å². The van der Waals surface area contributed by atoms with Crippen molar-refractivity contribution in [3.8, 4) is 29.4 Å². The van der Waals surface area contributed by atoms with Crippen LogP contribution in [-0.4, -0.2) is 45.7 Å². The molecule has 3 aromatic rings. The van der Waals surface area contributed by atoms with Gasteiger partial charge in [0.15, 0.2) is 5.58 Å². The molecule has 0 amide bonds. The van der Waals surface area contributed by atoms with Crippen molar-refractivity contribution in [1.82, 2.24) is 14.9 Å². The minimum absolute atomic E-state index is 0.114. The highest BCUT2D eigenvalue weighted by Crippen LogP contribution is 2.33. The summed E-state index contributed by atoms with van der Waals surface area (Å²) in [5.41, 5.74) is 3.93. The van der Waals surface area contributed by atoms with Crippen molar-refractivity contribution >= 4 is 17.2 Å². The van der Waals surface area contributed by atoms with Gasteiger partial charge in [0, 0.05) is 23.7 Å². The molecule has 2 aromatic heterocycles. The molecule has 3 heterocycles. The van der Waals surface area contributed by atoms with E-state index < -0.39 is 0 Å². The van der Waals surface area contributed by atoms with Gasteiger partial charge in [-0.3, -0.25) is 0 Å². The van der Waals surface area contributed by atoms with Gasteiger partial charge in [-0.25, -0.2) is 4.98 Å². The second kappa shape index (κ2) is 7.53. The number of terminal acetylenes is 1. The average molecular weight is 376 g/mol. The number of phenols is 1. The zero-order chi connectivity index (χ0) is 19.7. The van der Waals surface area contributed by atoms with Crippen LogP contribution in [-0.2, 0) is 0 Å². The van der Waals surface area contributed by atoms with Crippen molar-refractivity contribution in [3.05, 3.63) is 35.4 Å². The zero-order valence-corrected chi connectivity index (χ0v) is 16.2. The van der Waals surface area contributed by atoms with Crippen molar-refractivity contribution in [2.24, 2.45) is 0 Å². The maximum atomic E-state index is 10.4. The molecule has 1 aliphatic rings. The Balaban J connectivity index is 1.62. The lowest BCUT2D eigenvalue weighted by Gasteiger charge is -2.31. The van der Waals surface area contributed by atoms with Crippen LogP contribution in [0.3, 0.4) is 0 Å². The topological polar surface area (TPSA) is 74.4 Å². The standard InChI is InChI=1S/C22H24N4O2/c1-4-15-11-14(3)20(18(27)12-15)17-8-9-19-21(24-17)25-22(28-19)23-16-7-6-10-26(5-2)13-16/h1,8-9,11-12,16,27H,5-7,10,13H2,2-3H3,(H,23,24,25)/t16-/m1/s1. The quantitative estimate of drug-likeness (QED) is 0.675. The van der Waals surface area contributed by atoms with E-state index in [0.29, 0.717) is 40.1 Å². The van der Waals surface area contributed by atoms with Crippen LogP contribution in [0.15, 0.2) is 28.7 Å². The zero-order valence-electron chi connectivity index (χ0n) is 16.2. The van der Waals surface area contributed by atoms with E-state index in [1.54, 1.807) is 6.07 Å². The molecule has 6 heteroatoms. The lowest BCUT2D eigenvalue weighted by Crippen LogP contribution is -2.41. The van der Waals surface area contributed by atoms with Gasteiger partial charge in [0.25, 0.3) is 6.01 Å². The number of hydrogen-bond acceptors (Lipinski definition) is 6. The van der Waals surface area contributed by atoms with E-state index in [2.05, 4.69) is 33.0 Å². The third-order valence-electron chi connectivity index (χ3n) is 5.27. The number of pyridine rings is 1. The fourth-order valence-corrected chi connectivity index (χ4v) is 3.84. The summed E-state index contributed by atoms with van der Waals surface area (Å²) in [4.78, 5) is 11.5. The third kappa shape index (κ3) is 3.54. The van der Waals surface area contributed by atoms with Crippen LogP contribution in [0.4, 0.5) is 6.01 Å². The fraction of sp³-hybridized carbons (Fsp3) is 0.364. The highest BCUT2D eigenvalue weighted by Gasteiger charge is 2.21. The summed E-state index contributed by atoms with van der Waals surface area (Å²) in [6.07, 6.45) is 7.71. The molecule has 1 aliphatic heterocycles. The molecule has 1 saturated heterocycles. The number of phenolic OH excluding ortho intramolecular Hbond substituents is 1. The normalized spacial score (nSPS) is 17.5. The number of nitrogens with zero attached hydrogens (tertiary/aromatic N) is 3. The number of aryl methyl sites for hydroxylation is 1. The highest BCUT2D eigenvalue weighted by molar-refractivity contribution is 5.78. The molecule has 0 saturated carbocycles. The van der Waals surface area contributed by atoms with Crippen LogP contribution in [0.25, 0.3) is 22.5 Å². The maximum Gasteiger partial charge on any atom is 0.297 e. The summed E-state index contributed by atoms with van der Waals surface area (Å²) in [6.45, 7) is 7.27. The van der Waals surface area contributed by atoms with Gasteiger partial charge in [-0.15, -0.1) is 6.42 Å². The van der Waals surface area contributed by atoms with E-state index in [4.69, 9.17) is 10.8 Å². The molecule has 0 bridgehead atoms. The number of aromatic hydroxyl groups is 1. The number of anilines is 1. The third-order valence-corrected chi connectivity index (χ3v) is 5.27. The Morgan fingerprint density at radius 1 is 1.36 bits per heavy atom. The molecule has 0 unspecified atom stereocenters. The minimum atomic E-state index is 0.114. The molecule has 0 spiro atoms. The van der Waals surface area contributed by atoms with Crippen LogP contribution < -0.4 is 5.32 Å². The SMILES string of the molecule is C#Cc1cc(C)c(-c2ccc3oc(N[C@@H]4CCCN(CC)C4)nc3n2)c(O)c1. The largest absolute Gasteiger partial charge is 0.507 e. The molecule has 144 valence electrons. The summed E-state index contributed by atoms with van der Waals surface area (Å²) in [5.74, 6) is 2.66. The van der Waals surface area contributed by atoms with Gasteiger partial charge in [-0.1, -0.05) is 12.8 Å². The van der Waals surface area contributed by atoms with Gasteiger partial charge in [0.1, 0.15) is 5.75 Å². The first-order valence-electron chi connectivity index (χ1n) is 9.64. The van der Waals surface area contributed by atoms with Gasteiger partial charge in [-0.2, -0.15) is 4.98 Å². The number of nitrogens with one attached hydrogen (secondary N) is 1. The van der Waals surface area contributed by atoms with Crippen LogP contribution in [0.1, 0.15) is 30.9 Å². The highest BCUT2D eigenvalue weighted by atomic mass is 16.4. The fourth-order valence-electron chi connectivity index (χ4n) is 3.84. The maximum absolute atomic E-state index is 10.4. The van der Waals surface area contributed by atoms with Gasteiger partial charge >= 0.3 is 0 Å². The number of oxazole rings is 1. The molecule has 1 fully saturated rings. The summed E-state index contributed by atoms with van der Waals surface area (Å²) in [7, 11) is 0. The predicted octanol–water partition coefficient (Wildman–Crippen LogP) is 3.78. The first-order valence-corrected chi connectivity index (χ1v) is 9.64. The number of piperidine rings is 1. The van der Waals surface area contributed by atoms with Crippen molar-refractivity contribution in [3.63, 3.8) is 0 Å². The Labute approximate surface area is 164 Å². The molecule has 2 N–H and O–H groups in total. The lowest BCUT2D eigenvalue weighted by molar-refractivity contribution is 0.225. The number of likely N-dealkylation sites (tertiary alicyclic amines) is 1. The van der Waals surface area contributed by atoms with E-state index >= 15 is 0 Å². The Morgan fingerprint density at radius 2 is 2.21 bits per heavy atom. The van der Waals surface area contributed by atoms with Crippen LogP contribution >= 0.6 is 0 Å². The molecule has 6 nitrogen and oxygen atoms in total. The van der Waals surface area contributed by atoms with Crippen molar-refractivity contribution in [1.29, 1.82) is 0 Å². The monoisotopic (exact) mass is 376 g/mol. The summed E-state index contributed by atoms with van der Waals surface area (Å²) >= 11 is 0. The average Bonchev–Trinajstić information content (AvgIpc) is 3.09.